The summed E-state index contributed by atoms with van der Waals surface area (Å²) in [6, 6.07) is 23.5. The average Bonchev–Trinajstić information content (AvgIpc) is 3.26. The number of fused-ring (bicyclic) bond motifs is 1. The fourth-order valence-electron chi connectivity index (χ4n) is 4.33. The molecule has 0 saturated carbocycles. The first-order valence-electron chi connectivity index (χ1n) is 11.2. The van der Waals surface area contributed by atoms with E-state index in [1.807, 2.05) is 78.5 Å². The van der Waals surface area contributed by atoms with Crippen LogP contribution in [0.2, 0.25) is 5.02 Å². The average molecular weight is 472 g/mol. The third-order valence-corrected chi connectivity index (χ3v) is 6.33. The molecule has 0 fully saturated rings. The number of rotatable bonds is 6. The molecule has 1 aromatic heterocycles. The lowest BCUT2D eigenvalue weighted by Gasteiger charge is -2.27. The number of aromatic nitrogens is 2. The molecule has 0 aliphatic carbocycles. The zero-order valence-corrected chi connectivity index (χ0v) is 19.6. The van der Waals surface area contributed by atoms with Crippen LogP contribution in [0.3, 0.4) is 0 Å². The molecule has 34 heavy (non-hydrogen) atoms. The van der Waals surface area contributed by atoms with Crippen molar-refractivity contribution in [1.29, 1.82) is 0 Å². The molecule has 7 heteroatoms. The highest BCUT2D eigenvalue weighted by atomic mass is 35.5. The molecule has 0 saturated heterocycles. The van der Waals surface area contributed by atoms with Crippen molar-refractivity contribution in [3.63, 3.8) is 0 Å². The van der Waals surface area contributed by atoms with Crippen molar-refractivity contribution in [2.75, 3.05) is 24.2 Å². The van der Waals surface area contributed by atoms with Crippen LogP contribution in [0, 0.1) is 0 Å². The summed E-state index contributed by atoms with van der Waals surface area (Å²) in [6.07, 6.45) is 0.849. The van der Waals surface area contributed by atoms with Gasteiger partial charge < -0.3 is 21.1 Å². The molecule has 0 bridgehead atoms. The molecular weight excluding hydrogens is 446 g/mol. The first-order chi connectivity index (χ1) is 16.5. The number of hydrogen-bond acceptors (Lipinski definition) is 5. The highest BCUT2D eigenvalue weighted by molar-refractivity contribution is 6.31. The molecule has 0 amide bonds. The first-order valence-corrected chi connectivity index (χ1v) is 11.5. The Morgan fingerprint density at radius 1 is 1.12 bits per heavy atom. The van der Waals surface area contributed by atoms with E-state index in [0.29, 0.717) is 10.7 Å². The number of nitrogens with zero attached hydrogens (tertiary/aromatic N) is 2. The minimum Gasteiger partial charge on any atom is -0.457 e. The topological polar surface area (TPSA) is 77.1 Å². The van der Waals surface area contributed by atoms with E-state index < -0.39 is 0 Å². The monoisotopic (exact) mass is 471 g/mol. The van der Waals surface area contributed by atoms with Gasteiger partial charge in [0.15, 0.2) is 0 Å². The van der Waals surface area contributed by atoms with Gasteiger partial charge in [-0.3, -0.25) is 0 Å². The Labute approximate surface area is 204 Å². The van der Waals surface area contributed by atoms with Gasteiger partial charge in [0, 0.05) is 35.6 Å². The van der Waals surface area contributed by atoms with Crippen molar-refractivity contribution in [1.82, 2.24) is 9.78 Å². The summed E-state index contributed by atoms with van der Waals surface area (Å²) in [5, 5.41) is 12.4. The summed E-state index contributed by atoms with van der Waals surface area (Å²) in [5.41, 5.74) is 11.3. The summed E-state index contributed by atoms with van der Waals surface area (Å²) >= 11 is 6.62. The lowest BCUT2D eigenvalue weighted by molar-refractivity contribution is 0.482. The highest BCUT2D eigenvalue weighted by Gasteiger charge is 2.30. The Kier molecular flexibility index (Phi) is 5.90. The van der Waals surface area contributed by atoms with E-state index >= 15 is 0 Å². The maximum absolute atomic E-state index is 6.62. The van der Waals surface area contributed by atoms with Crippen molar-refractivity contribution < 1.29 is 4.74 Å². The largest absolute Gasteiger partial charge is 0.457 e. The molecular formula is C27H26ClN5O. The standard InChI is InChI=1S/C27H26ClN5O/c1-17(29)25-26(18-8-11-21(12-9-18)34-20-6-4-3-5-7-20)32-33-24(14-15-31-27(25)33)22-16-19(30-2)10-13-23(22)28/h3-13,16,24,30-31H,1,14-15,29H2,2H3. The molecule has 4 N–H and O–H groups in total. The van der Waals surface area contributed by atoms with Gasteiger partial charge in [-0.25, -0.2) is 4.68 Å². The predicted molar refractivity (Wildman–Crippen MR) is 140 cm³/mol. The van der Waals surface area contributed by atoms with Gasteiger partial charge in [-0.05, 0) is 66.6 Å². The molecule has 0 spiro atoms. The minimum atomic E-state index is -0.0235. The third kappa shape index (κ3) is 4.08. The van der Waals surface area contributed by atoms with E-state index in [4.69, 9.17) is 27.2 Å². The number of anilines is 2. The number of nitrogens with one attached hydrogen (secondary N) is 2. The van der Waals surface area contributed by atoms with Crippen molar-refractivity contribution in [2.45, 2.75) is 12.5 Å². The maximum Gasteiger partial charge on any atom is 0.135 e. The summed E-state index contributed by atoms with van der Waals surface area (Å²) in [4.78, 5) is 0. The Morgan fingerprint density at radius 3 is 2.56 bits per heavy atom. The molecule has 3 aromatic carbocycles. The molecule has 1 aliphatic heterocycles. The Bertz CT molecular complexity index is 1330. The number of benzene rings is 3. The normalized spacial score (nSPS) is 14.7. The second-order valence-corrected chi connectivity index (χ2v) is 8.61. The van der Waals surface area contributed by atoms with Crippen molar-refractivity contribution in [3.05, 3.63) is 95.5 Å². The highest BCUT2D eigenvalue weighted by Crippen LogP contribution is 2.41. The van der Waals surface area contributed by atoms with Gasteiger partial charge >= 0.3 is 0 Å². The van der Waals surface area contributed by atoms with Gasteiger partial charge in [0.1, 0.15) is 23.0 Å². The van der Waals surface area contributed by atoms with E-state index in [1.54, 1.807) is 0 Å². The van der Waals surface area contributed by atoms with Crippen molar-refractivity contribution in [2.24, 2.45) is 5.73 Å². The van der Waals surface area contributed by atoms with E-state index in [9.17, 15) is 0 Å². The Morgan fingerprint density at radius 2 is 1.85 bits per heavy atom. The van der Waals surface area contributed by atoms with E-state index in [1.165, 1.54) is 0 Å². The molecule has 5 rings (SSSR count). The van der Waals surface area contributed by atoms with Crippen molar-refractivity contribution in [3.8, 4) is 22.8 Å². The van der Waals surface area contributed by atoms with Crippen LogP contribution in [0.1, 0.15) is 23.6 Å². The summed E-state index contributed by atoms with van der Waals surface area (Å²) in [7, 11) is 1.90. The number of halogens is 1. The Balaban J connectivity index is 1.54. The first kappa shape index (κ1) is 21.9. The maximum atomic E-state index is 6.62. The molecule has 1 atom stereocenters. The number of ether oxygens (including phenoxy) is 1. The van der Waals surface area contributed by atoms with E-state index in [2.05, 4.69) is 23.3 Å². The summed E-state index contributed by atoms with van der Waals surface area (Å²) < 4.78 is 7.92. The fourth-order valence-corrected chi connectivity index (χ4v) is 4.58. The van der Waals surface area contributed by atoms with E-state index in [-0.39, 0.29) is 6.04 Å². The van der Waals surface area contributed by atoms with Crippen LogP contribution in [0.4, 0.5) is 11.5 Å². The molecule has 1 unspecified atom stereocenters. The smallest absolute Gasteiger partial charge is 0.135 e. The molecule has 0 radical (unpaired) electrons. The van der Waals surface area contributed by atoms with Crippen LogP contribution in [0.25, 0.3) is 17.0 Å². The van der Waals surface area contributed by atoms with Crippen LogP contribution in [0.5, 0.6) is 11.5 Å². The van der Waals surface area contributed by atoms with Gasteiger partial charge in [0.25, 0.3) is 0 Å². The van der Waals surface area contributed by atoms with Crippen LogP contribution in [-0.4, -0.2) is 23.4 Å². The lowest BCUT2D eigenvalue weighted by Crippen LogP contribution is -2.25. The van der Waals surface area contributed by atoms with Crippen LogP contribution in [-0.2, 0) is 0 Å². The molecule has 6 nitrogen and oxygen atoms in total. The fraction of sp³-hybridized carbons (Fsp3) is 0.148. The quantitative estimate of drug-likeness (QED) is 0.304. The molecule has 1 aliphatic rings. The number of para-hydroxylation sites is 1. The van der Waals surface area contributed by atoms with Crippen LogP contribution in [0.15, 0.2) is 79.4 Å². The number of hydrogen-bond donors (Lipinski definition) is 3. The van der Waals surface area contributed by atoms with Crippen LogP contribution >= 0.6 is 11.6 Å². The van der Waals surface area contributed by atoms with Gasteiger partial charge in [-0.1, -0.05) is 36.4 Å². The second kappa shape index (κ2) is 9.15. The van der Waals surface area contributed by atoms with Crippen LogP contribution < -0.4 is 21.1 Å². The SMILES string of the molecule is C=C(N)c1c(-c2ccc(Oc3ccccc3)cc2)nn2c1NCCC2c1cc(NC)ccc1Cl. The molecule has 2 heterocycles. The predicted octanol–water partition coefficient (Wildman–Crippen LogP) is 6.37. The lowest BCUT2D eigenvalue weighted by atomic mass is 10.0. The second-order valence-electron chi connectivity index (χ2n) is 8.20. The molecule has 4 aromatic rings. The zero-order valence-electron chi connectivity index (χ0n) is 18.9. The summed E-state index contributed by atoms with van der Waals surface area (Å²) in [5.74, 6) is 2.39. The van der Waals surface area contributed by atoms with Crippen molar-refractivity contribution >= 4 is 28.8 Å². The minimum absolute atomic E-state index is 0.0235. The number of nitrogens with two attached hydrogens (primary N) is 1. The molecule has 172 valence electrons. The van der Waals surface area contributed by atoms with Gasteiger partial charge in [-0.15, -0.1) is 0 Å². The van der Waals surface area contributed by atoms with Gasteiger partial charge in [0.2, 0.25) is 0 Å². The third-order valence-electron chi connectivity index (χ3n) is 5.99. The summed E-state index contributed by atoms with van der Waals surface area (Å²) in [6.45, 7) is 4.81. The van der Waals surface area contributed by atoms with Gasteiger partial charge in [0.05, 0.1) is 11.6 Å². The Hall–Kier alpha value is -3.90. The van der Waals surface area contributed by atoms with E-state index in [0.717, 1.165) is 58.4 Å². The van der Waals surface area contributed by atoms with Gasteiger partial charge in [-0.2, -0.15) is 5.10 Å². The zero-order chi connectivity index (χ0) is 23.7.